The first-order valence-electron chi connectivity index (χ1n) is 11.2. The highest BCUT2D eigenvalue weighted by molar-refractivity contribution is 7.24. The van der Waals surface area contributed by atoms with E-state index in [0.29, 0.717) is 28.0 Å². The Balaban J connectivity index is 1.75. The summed E-state index contributed by atoms with van der Waals surface area (Å²) in [6, 6.07) is 9.92. The minimum Gasteiger partial charge on any atom is -0.295 e. The van der Waals surface area contributed by atoms with Gasteiger partial charge in [0.05, 0.1) is 11.7 Å². The fourth-order valence-corrected chi connectivity index (χ4v) is 5.44. The molecular weight excluding hydrogens is 460 g/mol. The number of nitrogens with one attached hydrogen (secondary N) is 2. The van der Waals surface area contributed by atoms with Crippen LogP contribution in [0.25, 0.3) is 64.9 Å². The number of H-pyrrole nitrogens is 2. The number of rotatable bonds is 1. The van der Waals surface area contributed by atoms with Gasteiger partial charge < -0.3 is 0 Å². The van der Waals surface area contributed by atoms with E-state index >= 15 is 0 Å². The number of thiophene rings is 1. The molecule has 170 valence electrons. The van der Waals surface area contributed by atoms with Gasteiger partial charge >= 0.3 is 0 Å². The second-order valence-corrected chi connectivity index (χ2v) is 9.78. The van der Waals surface area contributed by atoms with Crippen molar-refractivity contribution in [2.75, 3.05) is 0 Å². The quantitative estimate of drug-likeness (QED) is 0.323. The van der Waals surface area contributed by atoms with Crippen molar-refractivity contribution < 1.29 is 4.79 Å². The number of hydrogen-bond acceptors (Lipinski definition) is 7. The molecule has 8 bridgehead atoms. The molecule has 2 aliphatic heterocycles. The molecule has 0 amide bonds. The number of carbonyl (C=O) groups is 1. The number of aromatic nitrogens is 8. The second kappa shape index (κ2) is 7.28. The summed E-state index contributed by atoms with van der Waals surface area (Å²) in [5.41, 5.74) is 4.81. The Morgan fingerprint density at radius 3 is 2.74 bits per heavy atom. The van der Waals surface area contributed by atoms with E-state index in [-0.39, 0.29) is 11.8 Å². The fraction of sp³-hybridized carbons (Fsp3) is 0.120. The predicted molar refractivity (Wildman–Crippen MR) is 137 cm³/mol. The van der Waals surface area contributed by atoms with Gasteiger partial charge in [-0.3, -0.25) is 24.5 Å². The number of pyridine rings is 3. The summed E-state index contributed by atoms with van der Waals surface area (Å²) in [6.45, 7) is 3.80. The number of hydrogen-bond donors (Lipinski definition) is 2. The summed E-state index contributed by atoms with van der Waals surface area (Å²) < 4.78 is 2.72. The van der Waals surface area contributed by atoms with Gasteiger partial charge in [-0.05, 0) is 30.3 Å². The largest absolute Gasteiger partial charge is 0.295 e. The summed E-state index contributed by atoms with van der Waals surface area (Å²) in [4.78, 5) is 37.3. The fourth-order valence-electron chi connectivity index (χ4n) is 4.38. The average Bonchev–Trinajstić information content (AvgIpc) is 3.61. The summed E-state index contributed by atoms with van der Waals surface area (Å²) in [7, 11) is 0. The minimum absolute atomic E-state index is 0.00645. The van der Waals surface area contributed by atoms with Crippen LogP contribution in [0.2, 0.25) is 0 Å². The molecule has 9 nitrogen and oxygen atoms in total. The maximum absolute atomic E-state index is 13.4. The summed E-state index contributed by atoms with van der Waals surface area (Å²) in [5, 5.41) is 8.92. The van der Waals surface area contributed by atoms with Crippen molar-refractivity contribution >= 4 is 70.9 Å². The monoisotopic (exact) mass is 478 g/mol. The Morgan fingerprint density at radius 2 is 1.86 bits per heavy atom. The lowest BCUT2D eigenvalue weighted by Crippen LogP contribution is -2.17. The third-order valence-electron chi connectivity index (χ3n) is 6.13. The Kier molecular flexibility index (Phi) is 4.15. The molecule has 2 aliphatic rings. The highest BCUT2D eigenvalue weighted by Crippen LogP contribution is 2.32. The van der Waals surface area contributed by atoms with E-state index < -0.39 is 0 Å². The van der Waals surface area contributed by atoms with E-state index in [4.69, 9.17) is 9.97 Å². The molecule has 7 heterocycles. The zero-order valence-electron chi connectivity index (χ0n) is 18.8. The molecule has 0 fully saturated rings. The van der Waals surface area contributed by atoms with Crippen LogP contribution >= 0.6 is 11.3 Å². The van der Waals surface area contributed by atoms with Crippen molar-refractivity contribution in [2.24, 2.45) is 5.92 Å². The molecule has 2 N–H and O–H groups in total. The van der Waals surface area contributed by atoms with Gasteiger partial charge in [0.2, 0.25) is 5.91 Å². The molecular formula is C25H18N8OS. The Morgan fingerprint density at radius 1 is 0.971 bits per heavy atom. The van der Waals surface area contributed by atoms with Gasteiger partial charge in [-0.15, -0.1) is 11.3 Å². The highest BCUT2D eigenvalue weighted by Gasteiger charge is 2.17. The molecule has 0 saturated carbocycles. The van der Waals surface area contributed by atoms with Crippen molar-refractivity contribution in [3.05, 3.63) is 55.1 Å². The third-order valence-corrected chi connectivity index (χ3v) is 7.23. The Labute approximate surface area is 201 Å². The zero-order chi connectivity index (χ0) is 23.7. The minimum atomic E-state index is -0.196. The summed E-state index contributed by atoms with van der Waals surface area (Å²) in [6.07, 6.45) is 7.03. The van der Waals surface area contributed by atoms with Crippen LogP contribution < -0.4 is 0 Å². The molecule has 0 aliphatic carbocycles. The van der Waals surface area contributed by atoms with E-state index in [1.807, 2.05) is 44.2 Å². The first-order valence-corrected chi connectivity index (χ1v) is 12.0. The van der Waals surface area contributed by atoms with Gasteiger partial charge in [0.15, 0.2) is 16.9 Å². The first kappa shape index (κ1) is 20.0. The highest BCUT2D eigenvalue weighted by atomic mass is 32.1. The number of aromatic amines is 2. The van der Waals surface area contributed by atoms with Crippen LogP contribution in [0.4, 0.5) is 0 Å². The van der Waals surface area contributed by atoms with Crippen molar-refractivity contribution in [1.82, 2.24) is 39.7 Å². The van der Waals surface area contributed by atoms with Crippen molar-refractivity contribution in [3.8, 4) is 11.3 Å². The van der Waals surface area contributed by atoms with Gasteiger partial charge in [0.1, 0.15) is 16.0 Å². The van der Waals surface area contributed by atoms with E-state index in [1.165, 1.54) is 11.3 Å². The van der Waals surface area contributed by atoms with Gasteiger partial charge in [-0.1, -0.05) is 13.8 Å². The molecule has 35 heavy (non-hydrogen) atoms. The van der Waals surface area contributed by atoms with Crippen molar-refractivity contribution in [3.63, 3.8) is 0 Å². The summed E-state index contributed by atoms with van der Waals surface area (Å²) in [5.74, 6) is -0.202. The molecule has 0 aromatic carbocycles. The van der Waals surface area contributed by atoms with Gasteiger partial charge in [-0.25, -0.2) is 19.9 Å². The van der Waals surface area contributed by atoms with Crippen LogP contribution in [-0.4, -0.2) is 45.6 Å². The molecule has 5 aromatic rings. The van der Waals surface area contributed by atoms with E-state index in [1.54, 1.807) is 29.4 Å². The van der Waals surface area contributed by atoms with E-state index in [9.17, 15) is 4.79 Å². The topological polar surface area (TPSA) is 118 Å². The molecule has 7 rings (SSSR count). The van der Waals surface area contributed by atoms with Crippen LogP contribution in [0.1, 0.15) is 18.6 Å². The molecule has 5 aromatic heterocycles. The summed E-state index contributed by atoms with van der Waals surface area (Å²) >= 11 is 1.53. The van der Waals surface area contributed by atoms with Gasteiger partial charge in [0, 0.05) is 50.9 Å². The SMILES string of the molecule is CC(C)C(=O)n1c2cncc(c2)c2cnc3[nH][nH]c(c4nc5nccc(c6ccc1s6)c5n4)-c3c2. The number of fused-ring (bicyclic) bond motifs is 9. The van der Waals surface area contributed by atoms with Gasteiger partial charge in [0.25, 0.3) is 0 Å². The maximum atomic E-state index is 13.4. The Bertz CT molecular complexity index is 1970. The smallest absolute Gasteiger partial charge is 0.234 e. The second-order valence-electron chi connectivity index (χ2n) is 8.72. The molecule has 0 atom stereocenters. The van der Waals surface area contributed by atoms with Crippen LogP contribution in [0.15, 0.2) is 55.1 Å². The predicted octanol–water partition coefficient (Wildman–Crippen LogP) is 5.47. The molecule has 0 unspecified atom stereocenters. The zero-order valence-corrected chi connectivity index (χ0v) is 19.6. The van der Waals surface area contributed by atoms with Crippen molar-refractivity contribution in [2.45, 2.75) is 13.8 Å². The lowest BCUT2D eigenvalue weighted by Gasteiger charge is -2.10. The third kappa shape index (κ3) is 3.00. The van der Waals surface area contributed by atoms with Crippen LogP contribution in [0, 0.1) is 5.92 Å². The number of imidazole rings is 1. The number of nitrogens with zero attached hydrogens (tertiary/aromatic N) is 6. The van der Waals surface area contributed by atoms with Crippen molar-refractivity contribution in [1.29, 1.82) is 0 Å². The normalized spacial score (nSPS) is 12.1. The number of carbonyl (C=O) groups excluding carboxylic acids is 1. The van der Waals surface area contributed by atoms with Crippen LogP contribution in [0.5, 0.6) is 0 Å². The maximum Gasteiger partial charge on any atom is 0.234 e. The van der Waals surface area contributed by atoms with Gasteiger partial charge in [-0.2, -0.15) is 0 Å². The van der Waals surface area contributed by atoms with E-state index in [0.717, 1.165) is 36.9 Å². The molecule has 10 heteroatoms. The van der Waals surface area contributed by atoms with Crippen LogP contribution in [0.3, 0.4) is 0 Å². The lowest BCUT2D eigenvalue weighted by molar-refractivity contribution is 0.0865. The Hall–Kier alpha value is -4.44. The first-order chi connectivity index (χ1) is 17.1. The lowest BCUT2D eigenvalue weighted by atomic mass is 10.1. The standard InChI is InChI=1S/C25H18N8OS/c1-12(2)25(34)33-15-7-13(9-26-11-15)14-8-17-21(31-32-22(17)28-10-14)24-29-20-16(5-6-27-23(20)30-24)18-3-4-19(33)35-18/h3-12,31H,1-2H3,(H,28,32). The molecule has 0 saturated heterocycles. The average molecular weight is 479 g/mol. The van der Waals surface area contributed by atoms with Crippen LogP contribution in [-0.2, 0) is 0 Å². The molecule has 0 radical (unpaired) electrons. The molecule has 0 spiro atoms. The van der Waals surface area contributed by atoms with E-state index in [2.05, 4.69) is 25.1 Å².